The van der Waals surface area contributed by atoms with Crippen molar-refractivity contribution in [2.75, 3.05) is 0 Å². The van der Waals surface area contributed by atoms with Crippen molar-refractivity contribution in [2.24, 2.45) is 0 Å². The van der Waals surface area contributed by atoms with Gasteiger partial charge < -0.3 is 0 Å². The molecule has 1 unspecified atom stereocenters. The molecule has 0 aromatic carbocycles. The number of hydrogen-bond donors (Lipinski definition) is 0. The molecular formula is C9H15NP2. The molecule has 1 atom stereocenters. The van der Waals surface area contributed by atoms with Gasteiger partial charge in [-0.05, 0) is 34.2 Å². The van der Waals surface area contributed by atoms with E-state index >= 15 is 0 Å². The van der Waals surface area contributed by atoms with Gasteiger partial charge in [-0.1, -0.05) is 26.2 Å². The molecule has 0 radical (unpaired) electrons. The minimum atomic E-state index is 0.521. The highest BCUT2D eigenvalue weighted by molar-refractivity contribution is 7.89. The van der Waals surface area contributed by atoms with E-state index in [0.29, 0.717) is 5.41 Å². The number of aromatic nitrogens is 1. The summed E-state index contributed by atoms with van der Waals surface area (Å²) >= 11 is 0. The van der Waals surface area contributed by atoms with Crippen LogP contribution in [0.4, 0.5) is 0 Å². The lowest BCUT2D eigenvalue weighted by molar-refractivity contribution is 0.325. The highest BCUT2D eigenvalue weighted by Crippen LogP contribution is 2.44. The quantitative estimate of drug-likeness (QED) is 0.668. The molecule has 12 heavy (non-hydrogen) atoms. The predicted octanol–water partition coefficient (Wildman–Crippen LogP) is 3.91. The molecule has 2 rings (SSSR count). The molecule has 0 saturated heterocycles. The van der Waals surface area contributed by atoms with Crippen LogP contribution < -0.4 is 0 Å². The van der Waals surface area contributed by atoms with Gasteiger partial charge in [0.15, 0.2) is 0 Å². The highest BCUT2D eigenvalue weighted by Gasteiger charge is 2.29. The van der Waals surface area contributed by atoms with Gasteiger partial charge in [-0.3, -0.25) is 0 Å². The molecule has 1 aromatic heterocycles. The topological polar surface area (TPSA) is 12.9 Å². The van der Waals surface area contributed by atoms with Crippen LogP contribution in [0.1, 0.15) is 44.3 Å². The summed E-state index contributed by atoms with van der Waals surface area (Å²) in [5.74, 6) is 0. The van der Waals surface area contributed by atoms with Crippen molar-refractivity contribution in [2.45, 2.75) is 44.4 Å². The van der Waals surface area contributed by atoms with Crippen LogP contribution in [0.3, 0.4) is 0 Å². The first-order valence-electron chi connectivity index (χ1n) is 4.67. The van der Waals surface area contributed by atoms with E-state index in [1.54, 1.807) is 5.30 Å². The molecule has 1 nitrogen and oxygen atoms in total. The lowest BCUT2D eigenvalue weighted by Gasteiger charge is -2.32. The second-order valence-corrected chi connectivity index (χ2v) is 6.41. The fourth-order valence-corrected chi connectivity index (χ4v) is 4.80. The lowest BCUT2D eigenvalue weighted by Crippen LogP contribution is -2.23. The minimum absolute atomic E-state index is 0.521. The maximum Gasteiger partial charge on any atom is 0.0397 e. The Kier molecular flexibility index (Phi) is 2.53. The standard InChI is InChI=1S/C9H15NP2/c1-9(5-3-2-4-6-9)8-7-10-12-11-8/h7,12H,2-6H2,1H3. The maximum absolute atomic E-state index is 4.34. The van der Waals surface area contributed by atoms with Gasteiger partial charge in [-0.15, -0.1) is 0 Å². The third-order valence-corrected chi connectivity index (χ3v) is 5.60. The Morgan fingerprint density at radius 3 is 2.75 bits per heavy atom. The molecule has 3 heteroatoms. The molecule has 0 spiro atoms. The molecule has 0 bridgehead atoms. The van der Waals surface area contributed by atoms with E-state index in [4.69, 9.17) is 0 Å². The molecule has 1 aliphatic carbocycles. The summed E-state index contributed by atoms with van der Waals surface area (Å²) < 4.78 is 4.34. The summed E-state index contributed by atoms with van der Waals surface area (Å²) in [4.78, 5) is 0. The fraction of sp³-hybridized carbons (Fsp3) is 0.778. The van der Waals surface area contributed by atoms with Crippen molar-refractivity contribution < 1.29 is 0 Å². The number of hydrogen-bond acceptors (Lipinski definition) is 1. The molecule has 1 heterocycles. The summed E-state index contributed by atoms with van der Waals surface area (Å²) in [5, 5.41) is 1.61. The van der Waals surface area contributed by atoms with Crippen LogP contribution in [0.15, 0.2) is 6.20 Å². The largest absolute Gasteiger partial charge is 0.244 e. The van der Waals surface area contributed by atoms with Gasteiger partial charge >= 0.3 is 0 Å². The van der Waals surface area contributed by atoms with E-state index in [1.807, 2.05) is 0 Å². The summed E-state index contributed by atoms with van der Waals surface area (Å²) in [5.41, 5.74) is 0.521. The first kappa shape index (κ1) is 8.73. The van der Waals surface area contributed by atoms with Gasteiger partial charge in [0.2, 0.25) is 0 Å². The number of rotatable bonds is 1. The van der Waals surface area contributed by atoms with E-state index in [-0.39, 0.29) is 0 Å². The van der Waals surface area contributed by atoms with Gasteiger partial charge in [-0.2, -0.15) is 0 Å². The van der Waals surface area contributed by atoms with Crippen molar-refractivity contribution in [1.29, 1.82) is 0 Å². The van der Waals surface area contributed by atoms with E-state index in [1.165, 1.54) is 40.0 Å². The van der Waals surface area contributed by atoms with Crippen molar-refractivity contribution in [3.8, 4) is 0 Å². The molecule has 66 valence electrons. The summed E-state index contributed by atoms with van der Waals surface area (Å²) in [6, 6.07) is 0. The SMILES string of the molecule is CC1(c2cn[pH]p2)CCCCC1. The van der Waals surface area contributed by atoms with Gasteiger partial charge in [0.25, 0.3) is 0 Å². The van der Waals surface area contributed by atoms with E-state index < -0.39 is 0 Å². The van der Waals surface area contributed by atoms with Crippen molar-refractivity contribution in [3.63, 3.8) is 0 Å². The second kappa shape index (κ2) is 3.48. The van der Waals surface area contributed by atoms with Crippen LogP contribution in [0, 0.1) is 0 Å². The molecule has 0 amide bonds. The van der Waals surface area contributed by atoms with Crippen LogP contribution in [0.25, 0.3) is 0 Å². The second-order valence-electron chi connectivity index (χ2n) is 3.98. The monoisotopic (exact) mass is 199 g/mol. The predicted molar refractivity (Wildman–Crippen MR) is 56.7 cm³/mol. The van der Waals surface area contributed by atoms with Crippen LogP contribution in [-0.2, 0) is 5.41 Å². The average molecular weight is 199 g/mol. The van der Waals surface area contributed by atoms with Gasteiger partial charge in [0, 0.05) is 11.5 Å². The summed E-state index contributed by atoms with van der Waals surface area (Å²) in [6.07, 6.45) is 9.22. The molecular weight excluding hydrogens is 184 g/mol. The summed E-state index contributed by atoms with van der Waals surface area (Å²) in [7, 11) is 2.30. The van der Waals surface area contributed by atoms with Crippen molar-refractivity contribution >= 4 is 15.9 Å². The maximum atomic E-state index is 4.34. The zero-order valence-corrected chi connectivity index (χ0v) is 9.40. The Hall–Kier alpha value is 0.140. The zero-order valence-electron chi connectivity index (χ0n) is 7.51. The number of nitrogens with zero attached hydrogens (tertiary/aromatic N) is 1. The molecule has 0 aliphatic heterocycles. The fourth-order valence-electron chi connectivity index (χ4n) is 2.08. The van der Waals surface area contributed by atoms with E-state index in [9.17, 15) is 0 Å². The highest BCUT2D eigenvalue weighted by atomic mass is 31.8. The van der Waals surface area contributed by atoms with Crippen LogP contribution in [0.2, 0.25) is 0 Å². The zero-order chi connectivity index (χ0) is 8.44. The molecule has 1 aliphatic rings. The first-order chi connectivity index (χ1) is 5.81. The van der Waals surface area contributed by atoms with E-state index in [2.05, 4.69) is 17.9 Å². The molecule has 1 aromatic rings. The van der Waals surface area contributed by atoms with Crippen LogP contribution >= 0.6 is 15.9 Å². The van der Waals surface area contributed by atoms with E-state index in [0.717, 1.165) is 8.03 Å². The Bertz CT molecular complexity index is 237. The minimum Gasteiger partial charge on any atom is -0.244 e. The van der Waals surface area contributed by atoms with Crippen LogP contribution in [-0.4, -0.2) is 4.75 Å². The van der Waals surface area contributed by atoms with Gasteiger partial charge in [-0.25, -0.2) is 4.75 Å². The Balaban J connectivity index is 2.19. The van der Waals surface area contributed by atoms with Gasteiger partial charge in [0.05, 0.1) is 0 Å². The molecule has 1 saturated carbocycles. The Morgan fingerprint density at radius 2 is 2.17 bits per heavy atom. The van der Waals surface area contributed by atoms with Gasteiger partial charge in [0.1, 0.15) is 0 Å². The molecule has 1 fully saturated rings. The normalized spacial score (nSPS) is 23.8. The first-order valence-corrected chi connectivity index (χ1v) is 7.36. The third kappa shape index (κ3) is 1.58. The Morgan fingerprint density at radius 1 is 1.42 bits per heavy atom. The van der Waals surface area contributed by atoms with Crippen LogP contribution in [0.5, 0.6) is 0 Å². The third-order valence-electron chi connectivity index (χ3n) is 2.99. The van der Waals surface area contributed by atoms with Crippen molar-refractivity contribution in [3.05, 3.63) is 11.5 Å². The van der Waals surface area contributed by atoms with Crippen molar-refractivity contribution in [1.82, 2.24) is 4.75 Å². The molecule has 0 N–H and O–H groups in total. The lowest BCUT2D eigenvalue weighted by atomic mass is 9.75. The average Bonchev–Trinajstić information content (AvgIpc) is 2.58. The smallest absolute Gasteiger partial charge is 0.0397 e. The Labute approximate surface area is 77.1 Å². The summed E-state index contributed by atoms with van der Waals surface area (Å²) in [6.45, 7) is 2.43.